The average molecular weight is 286 g/mol. The van der Waals surface area contributed by atoms with Gasteiger partial charge in [-0.2, -0.15) is 0 Å². The topological polar surface area (TPSA) is 49.7 Å². The molecule has 112 valence electrons. The molecule has 0 radical (unpaired) electrons. The van der Waals surface area contributed by atoms with Gasteiger partial charge in [0, 0.05) is 13.0 Å². The predicted molar refractivity (Wildman–Crippen MR) is 85.0 cm³/mol. The van der Waals surface area contributed by atoms with Gasteiger partial charge in [0.25, 0.3) is 0 Å². The molecule has 3 nitrogen and oxygen atoms in total. The fourth-order valence-electron chi connectivity index (χ4n) is 2.97. The van der Waals surface area contributed by atoms with Crippen molar-refractivity contribution in [2.24, 2.45) is 11.8 Å². The van der Waals surface area contributed by atoms with Crippen LogP contribution >= 0.6 is 0 Å². The summed E-state index contributed by atoms with van der Waals surface area (Å²) in [7, 11) is 2.68. The Kier molecular flexibility index (Phi) is 5.37. The maximum atomic E-state index is 10.0. The molecule has 0 bridgehead atoms. The van der Waals surface area contributed by atoms with Crippen LogP contribution in [0, 0.1) is 11.8 Å². The van der Waals surface area contributed by atoms with E-state index in [9.17, 15) is 5.11 Å². The van der Waals surface area contributed by atoms with Crippen molar-refractivity contribution in [1.29, 1.82) is 0 Å². The molecular weight excluding hydrogens is 264 g/mol. The Morgan fingerprint density at radius 2 is 1.90 bits per heavy atom. The van der Waals surface area contributed by atoms with E-state index in [-0.39, 0.29) is 6.10 Å². The zero-order valence-electron chi connectivity index (χ0n) is 12.4. The van der Waals surface area contributed by atoms with Crippen LogP contribution in [0.3, 0.4) is 0 Å². The highest BCUT2D eigenvalue weighted by Crippen LogP contribution is 2.40. The minimum atomic E-state index is -0.362. The molecule has 0 saturated carbocycles. The Morgan fingerprint density at radius 1 is 1.14 bits per heavy atom. The molecule has 2 aliphatic rings. The molecular formula is C18H22O3. The van der Waals surface area contributed by atoms with Crippen LogP contribution in [0.15, 0.2) is 54.6 Å². The normalized spacial score (nSPS) is 26.3. The highest BCUT2D eigenvalue weighted by Gasteiger charge is 2.29. The number of hydrogen-bond donors (Lipinski definition) is 2. The number of aliphatic hydroxyl groups is 2. The van der Waals surface area contributed by atoms with Crippen molar-refractivity contribution in [2.45, 2.75) is 12.5 Å². The molecule has 1 aromatic carbocycles. The molecule has 3 rings (SSSR count). The second-order valence-corrected chi connectivity index (χ2v) is 5.12. The maximum absolute atomic E-state index is 10.0. The minimum Gasteiger partial charge on any atom is -0.497 e. The lowest BCUT2D eigenvalue weighted by Gasteiger charge is -2.33. The zero-order valence-corrected chi connectivity index (χ0v) is 12.4. The van der Waals surface area contributed by atoms with E-state index in [0.29, 0.717) is 11.8 Å². The quantitative estimate of drug-likeness (QED) is 0.879. The van der Waals surface area contributed by atoms with Crippen LogP contribution in [0.2, 0.25) is 0 Å². The van der Waals surface area contributed by atoms with Crippen LogP contribution in [-0.4, -0.2) is 30.5 Å². The minimum absolute atomic E-state index is 0.362. The van der Waals surface area contributed by atoms with Gasteiger partial charge in [-0.15, -0.1) is 0 Å². The highest BCUT2D eigenvalue weighted by atomic mass is 16.5. The van der Waals surface area contributed by atoms with Crippen LogP contribution < -0.4 is 4.74 Å². The predicted octanol–water partition coefficient (Wildman–Crippen LogP) is 2.81. The Morgan fingerprint density at radius 3 is 2.67 bits per heavy atom. The molecule has 0 heterocycles. The van der Waals surface area contributed by atoms with E-state index < -0.39 is 0 Å². The Balaban J connectivity index is 0.000000774. The summed E-state index contributed by atoms with van der Waals surface area (Å²) in [4.78, 5) is 0. The van der Waals surface area contributed by atoms with Gasteiger partial charge >= 0.3 is 0 Å². The van der Waals surface area contributed by atoms with E-state index in [1.54, 1.807) is 7.11 Å². The van der Waals surface area contributed by atoms with Gasteiger partial charge in [-0.3, -0.25) is 0 Å². The third-order valence-corrected chi connectivity index (χ3v) is 3.90. The van der Waals surface area contributed by atoms with Crippen LogP contribution in [0.4, 0.5) is 0 Å². The Bertz CT molecular complexity index is 557. The van der Waals surface area contributed by atoms with Crippen molar-refractivity contribution in [1.82, 2.24) is 0 Å². The molecule has 2 N–H and O–H groups in total. The number of methoxy groups -OCH3 is 1. The Hall–Kier alpha value is -1.84. The first kappa shape index (κ1) is 15.5. The highest BCUT2D eigenvalue weighted by molar-refractivity contribution is 5.72. The summed E-state index contributed by atoms with van der Waals surface area (Å²) in [5, 5.41) is 17.0. The van der Waals surface area contributed by atoms with Gasteiger partial charge in [0.2, 0.25) is 0 Å². The van der Waals surface area contributed by atoms with E-state index in [1.807, 2.05) is 24.3 Å². The molecule has 0 aromatic heterocycles. The second kappa shape index (κ2) is 7.25. The SMILES string of the molecule is CO.COc1cccc(C2=C[C@@H](O)CC3C=CC=CC23)c1. The Labute approximate surface area is 125 Å². The number of benzene rings is 1. The summed E-state index contributed by atoms with van der Waals surface area (Å²) in [6.45, 7) is 0. The van der Waals surface area contributed by atoms with Gasteiger partial charge < -0.3 is 14.9 Å². The van der Waals surface area contributed by atoms with Crippen LogP contribution in [0.25, 0.3) is 5.57 Å². The van der Waals surface area contributed by atoms with E-state index in [2.05, 4.69) is 30.4 Å². The molecule has 21 heavy (non-hydrogen) atoms. The van der Waals surface area contributed by atoms with Crippen molar-refractivity contribution in [2.75, 3.05) is 14.2 Å². The first-order valence-corrected chi connectivity index (χ1v) is 7.12. The van der Waals surface area contributed by atoms with Gasteiger partial charge in [0.15, 0.2) is 0 Å². The summed E-state index contributed by atoms with van der Waals surface area (Å²) in [6, 6.07) is 8.05. The molecule has 2 aliphatic carbocycles. The third-order valence-electron chi connectivity index (χ3n) is 3.90. The first-order valence-electron chi connectivity index (χ1n) is 7.12. The fraction of sp³-hybridized carbons (Fsp3) is 0.333. The van der Waals surface area contributed by atoms with Gasteiger partial charge in [-0.05, 0) is 35.6 Å². The largest absolute Gasteiger partial charge is 0.497 e. The molecule has 0 fully saturated rings. The van der Waals surface area contributed by atoms with Crippen molar-refractivity contribution in [3.8, 4) is 5.75 Å². The number of fused-ring (bicyclic) bond motifs is 1. The van der Waals surface area contributed by atoms with Crippen molar-refractivity contribution in [3.63, 3.8) is 0 Å². The average Bonchev–Trinajstić information content (AvgIpc) is 2.56. The molecule has 0 aliphatic heterocycles. The van der Waals surface area contributed by atoms with Crippen molar-refractivity contribution in [3.05, 3.63) is 60.2 Å². The molecule has 1 aromatic rings. The lowest BCUT2D eigenvalue weighted by Crippen LogP contribution is -2.25. The molecule has 3 heteroatoms. The lowest BCUT2D eigenvalue weighted by atomic mass is 9.73. The summed E-state index contributed by atoms with van der Waals surface area (Å²) >= 11 is 0. The van der Waals surface area contributed by atoms with Gasteiger partial charge in [0.1, 0.15) is 5.75 Å². The summed E-state index contributed by atoms with van der Waals surface area (Å²) in [6.07, 6.45) is 11.0. The van der Waals surface area contributed by atoms with E-state index >= 15 is 0 Å². The van der Waals surface area contributed by atoms with Gasteiger partial charge in [-0.1, -0.05) is 42.5 Å². The smallest absolute Gasteiger partial charge is 0.119 e. The maximum Gasteiger partial charge on any atom is 0.119 e. The number of hydrogen-bond acceptors (Lipinski definition) is 3. The van der Waals surface area contributed by atoms with Crippen LogP contribution in [0.1, 0.15) is 12.0 Å². The molecule has 2 unspecified atom stereocenters. The van der Waals surface area contributed by atoms with Crippen LogP contribution in [-0.2, 0) is 0 Å². The number of aliphatic hydroxyl groups excluding tert-OH is 2. The monoisotopic (exact) mass is 286 g/mol. The zero-order chi connectivity index (χ0) is 15.2. The summed E-state index contributed by atoms with van der Waals surface area (Å²) in [5.41, 5.74) is 2.33. The van der Waals surface area contributed by atoms with Gasteiger partial charge in [0.05, 0.1) is 13.2 Å². The second-order valence-electron chi connectivity index (χ2n) is 5.12. The van der Waals surface area contributed by atoms with Crippen molar-refractivity contribution < 1.29 is 14.9 Å². The number of rotatable bonds is 2. The van der Waals surface area contributed by atoms with Gasteiger partial charge in [-0.25, -0.2) is 0 Å². The number of allylic oxidation sites excluding steroid dienone is 5. The van der Waals surface area contributed by atoms with Crippen molar-refractivity contribution >= 4 is 5.57 Å². The lowest BCUT2D eigenvalue weighted by molar-refractivity contribution is 0.183. The van der Waals surface area contributed by atoms with E-state index in [1.165, 1.54) is 5.57 Å². The van der Waals surface area contributed by atoms with E-state index in [0.717, 1.165) is 24.8 Å². The van der Waals surface area contributed by atoms with Crippen LogP contribution in [0.5, 0.6) is 5.75 Å². The first-order chi connectivity index (χ1) is 10.3. The molecule has 0 amide bonds. The molecule has 0 spiro atoms. The summed E-state index contributed by atoms with van der Waals surface area (Å²) in [5.74, 6) is 1.61. The van der Waals surface area contributed by atoms with E-state index in [4.69, 9.17) is 9.84 Å². The third kappa shape index (κ3) is 3.43. The number of ether oxygens (including phenoxy) is 1. The standard InChI is InChI=1S/C17H18O2.CH4O/c1-19-15-7-4-6-13(10-15)17-11-14(18)9-12-5-2-3-8-16(12)17;1-2/h2-8,10-12,14,16,18H,9H2,1H3;2H,1H3/t12?,14-,16?;/m0./s1. The molecule has 3 atom stereocenters. The fourth-order valence-corrected chi connectivity index (χ4v) is 2.97. The summed E-state index contributed by atoms with van der Waals surface area (Å²) < 4.78 is 5.29. The molecule has 0 saturated heterocycles.